The van der Waals surface area contributed by atoms with Crippen LogP contribution < -0.4 is 58.0 Å². The SMILES string of the molecule is N=c1ccnc2nc[nH]n12.Nc1ccnc2[n-]cn[n+]12.[Ag+].[Ag+].[O-][Cl+3]([O-])([O-])[O-].[O-][Cl+3]([O-])([O-])[O-]. The second-order valence-electron chi connectivity index (χ2n) is 4.45. The molecule has 0 bridgehead atoms. The van der Waals surface area contributed by atoms with Gasteiger partial charge in [-0.2, -0.15) is 14.6 Å². The fraction of sp³-hybridized carbons (Fsp3) is 0. The predicted molar refractivity (Wildman–Crippen MR) is 66.1 cm³/mol. The molecule has 4 rings (SSSR count). The standard InChI is InChI=1S/C5H5N5.C5H4N5.2Ag.2ClHO4/c2*6-4-1-2-7-5-8-3-9-10(4)5;;;2*2-1(3,4)5/h1-3,6H,(H,7,8,9);1-3H,(H-,6,7,8,9);;;2*(H,2,3,4,5)/q;-1;2*+1;;/p-1. The summed E-state index contributed by atoms with van der Waals surface area (Å²) in [4.78, 5) is 15.5. The Bertz CT molecular complexity index is 1090. The van der Waals surface area contributed by atoms with Crippen LogP contribution in [0, 0.1) is 25.9 Å². The Labute approximate surface area is 212 Å². The summed E-state index contributed by atoms with van der Waals surface area (Å²) in [7, 11) is -9.89. The van der Waals surface area contributed by atoms with Gasteiger partial charge in [-0.15, -0.1) is 20.5 Å². The van der Waals surface area contributed by atoms with E-state index in [0.717, 1.165) is 0 Å². The van der Waals surface area contributed by atoms with Crippen LogP contribution in [0.25, 0.3) is 11.6 Å². The number of fused-ring (bicyclic) bond motifs is 2. The number of hydrogen-bond acceptors (Lipinski definition) is 14. The van der Waals surface area contributed by atoms with Crippen LogP contribution in [0.4, 0.5) is 5.82 Å². The molecule has 0 radical (unpaired) electrons. The zero-order chi connectivity index (χ0) is 22.9. The second kappa shape index (κ2) is 14.6. The number of nitrogens with one attached hydrogen (secondary N) is 2. The molecule has 4 aromatic rings. The number of rotatable bonds is 0. The Balaban J connectivity index is 0. The van der Waals surface area contributed by atoms with Crippen LogP contribution in [0.2, 0.25) is 0 Å². The van der Waals surface area contributed by atoms with E-state index in [1.807, 2.05) is 0 Å². The zero-order valence-electron chi connectivity index (χ0n) is 14.8. The summed E-state index contributed by atoms with van der Waals surface area (Å²) >= 11 is 0. The third-order valence-corrected chi connectivity index (χ3v) is 2.44. The molecule has 4 N–H and O–H groups in total. The number of aromatic nitrogens is 8. The van der Waals surface area contributed by atoms with Gasteiger partial charge in [0.25, 0.3) is 11.6 Å². The first-order valence-corrected chi connectivity index (χ1v) is 9.28. The number of anilines is 1. The molecule has 32 heavy (non-hydrogen) atoms. The van der Waals surface area contributed by atoms with Crippen molar-refractivity contribution in [3.63, 3.8) is 0 Å². The summed E-state index contributed by atoms with van der Waals surface area (Å²) in [5.74, 6) is 1.59. The van der Waals surface area contributed by atoms with E-state index in [9.17, 15) is 0 Å². The minimum Gasteiger partial charge on any atom is -0.383 e. The molecule has 0 spiro atoms. The number of nitrogen functional groups attached to an aromatic ring is 1. The molecular formula is C10H10Ag2Cl2N10O8. The van der Waals surface area contributed by atoms with Crippen molar-refractivity contribution in [1.29, 1.82) is 5.41 Å². The number of halogens is 2. The largest absolute Gasteiger partial charge is 1.00 e. The Kier molecular flexibility index (Phi) is 14.8. The van der Waals surface area contributed by atoms with Crippen molar-refractivity contribution in [2.24, 2.45) is 0 Å². The first-order chi connectivity index (χ1) is 13.8. The van der Waals surface area contributed by atoms with E-state index in [-0.39, 0.29) is 44.8 Å². The van der Waals surface area contributed by atoms with Gasteiger partial charge >= 0.3 is 44.8 Å². The molecule has 0 aliphatic rings. The van der Waals surface area contributed by atoms with E-state index >= 15 is 0 Å². The summed E-state index contributed by atoms with van der Waals surface area (Å²) in [5.41, 5.74) is 5.87. The van der Waals surface area contributed by atoms with E-state index in [4.69, 9.17) is 48.4 Å². The molecule has 0 saturated carbocycles. The van der Waals surface area contributed by atoms with Crippen LogP contribution in [0.15, 0.2) is 37.2 Å². The molecular weight excluding hydrogens is 675 g/mol. The van der Waals surface area contributed by atoms with Gasteiger partial charge in [-0.05, 0) is 6.07 Å². The number of nitrogens with zero attached hydrogens (tertiary/aromatic N) is 7. The average molecular weight is 685 g/mol. The molecule has 184 valence electrons. The first kappa shape index (κ1) is 32.6. The Hall–Kier alpha value is -1.56. The zero-order valence-corrected chi connectivity index (χ0v) is 19.3. The van der Waals surface area contributed by atoms with Crippen LogP contribution in [-0.2, 0) is 44.8 Å². The van der Waals surface area contributed by atoms with Crippen molar-refractivity contribution in [2.45, 2.75) is 0 Å². The van der Waals surface area contributed by atoms with Gasteiger partial charge in [-0.1, -0.05) is 0 Å². The van der Waals surface area contributed by atoms with Crippen molar-refractivity contribution in [1.82, 2.24) is 34.6 Å². The Morgan fingerprint density at radius 2 is 1.47 bits per heavy atom. The van der Waals surface area contributed by atoms with Gasteiger partial charge < -0.3 is 5.73 Å². The minimum atomic E-state index is -4.94. The summed E-state index contributed by atoms with van der Waals surface area (Å²) in [6, 6.07) is 3.26. The fourth-order valence-electron chi connectivity index (χ4n) is 1.53. The van der Waals surface area contributed by atoms with E-state index in [0.29, 0.717) is 22.9 Å². The number of H-pyrrole nitrogens is 1. The number of aromatic amines is 1. The van der Waals surface area contributed by atoms with E-state index < -0.39 is 20.5 Å². The molecule has 0 aliphatic heterocycles. The monoisotopic (exact) mass is 682 g/mol. The van der Waals surface area contributed by atoms with Gasteiger partial charge in [0.15, 0.2) is 0 Å². The number of hydrogen-bond donors (Lipinski definition) is 3. The van der Waals surface area contributed by atoms with Gasteiger partial charge in [0, 0.05) is 18.5 Å². The summed E-state index contributed by atoms with van der Waals surface area (Å²) in [6.45, 7) is 0. The molecule has 0 amide bonds. The van der Waals surface area contributed by atoms with Crippen LogP contribution in [0.3, 0.4) is 0 Å². The first-order valence-electron chi connectivity index (χ1n) is 6.81. The Morgan fingerprint density at radius 1 is 0.938 bits per heavy atom. The summed E-state index contributed by atoms with van der Waals surface area (Å²) < 4.78 is 70.9. The third kappa shape index (κ3) is 14.5. The van der Waals surface area contributed by atoms with Crippen LogP contribution >= 0.6 is 0 Å². The maximum absolute atomic E-state index is 8.49. The van der Waals surface area contributed by atoms with E-state index in [1.165, 1.54) is 21.7 Å². The third-order valence-electron chi connectivity index (χ3n) is 2.44. The number of nitrogens with two attached hydrogens (primary N) is 1. The van der Waals surface area contributed by atoms with Crippen molar-refractivity contribution in [3.8, 4) is 0 Å². The maximum atomic E-state index is 8.49. The molecule has 0 saturated heterocycles. The van der Waals surface area contributed by atoms with Gasteiger partial charge in [0.2, 0.25) is 0 Å². The average Bonchev–Trinajstić information content (AvgIpc) is 3.22. The molecule has 18 nitrogen and oxygen atoms in total. The molecule has 0 aromatic carbocycles. The Morgan fingerprint density at radius 3 is 1.97 bits per heavy atom. The molecule has 0 atom stereocenters. The smallest absolute Gasteiger partial charge is 0.383 e. The van der Waals surface area contributed by atoms with Crippen molar-refractivity contribution in [3.05, 3.63) is 42.7 Å². The molecule has 0 aliphatic carbocycles. The van der Waals surface area contributed by atoms with Gasteiger partial charge in [-0.3, -0.25) is 10.5 Å². The summed E-state index contributed by atoms with van der Waals surface area (Å²) in [6.07, 6.45) is 6.07. The molecule has 4 heterocycles. The summed E-state index contributed by atoms with van der Waals surface area (Å²) in [5, 5.41) is 13.9. The van der Waals surface area contributed by atoms with Crippen LogP contribution in [0.5, 0.6) is 0 Å². The van der Waals surface area contributed by atoms with Crippen LogP contribution in [-0.4, -0.2) is 29.7 Å². The van der Waals surface area contributed by atoms with Gasteiger partial charge in [-0.25, -0.2) is 56.7 Å². The van der Waals surface area contributed by atoms with Gasteiger partial charge in [0.1, 0.15) is 24.0 Å². The predicted octanol–water partition coefficient (Wildman–Crippen LogP) is -11.2. The van der Waals surface area contributed by atoms with Crippen molar-refractivity contribution >= 4 is 17.4 Å². The van der Waals surface area contributed by atoms with Gasteiger partial charge in [0.05, 0.1) is 0 Å². The maximum Gasteiger partial charge on any atom is 1.00 e. The molecule has 4 aromatic heterocycles. The van der Waals surface area contributed by atoms with Crippen molar-refractivity contribution < 1.29 is 107 Å². The molecule has 0 unspecified atom stereocenters. The normalized spacial score (nSPS) is 10.2. The molecule has 22 heteroatoms. The van der Waals surface area contributed by atoms with E-state index in [1.54, 1.807) is 24.5 Å². The molecule has 0 fully saturated rings. The van der Waals surface area contributed by atoms with Crippen molar-refractivity contribution in [2.75, 3.05) is 5.73 Å². The quantitative estimate of drug-likeness (QED) is 0.114. The van der Waals surface area contributed by atoms with Crippen LogP contribution in [0.1, 0.15) is 0 Å². The fourth-order valence-corrected chi connectivity index (χ4v) is 1.53. The van der Waals surface area contributed by atoms with E-state index in [2.05, 4.69) is 30.1 Å². The minimum absolute atomic E-state index is 0. The second-order valence-corrected chi connectivity index (χ2v) is 5.96. The topological polar surface area (TPSA) is 324 Å².